The summed E-state index contributed by atoms with van der Waals surface area (Å²) in [7, 11) is 1.24. The number of carbonyl (C=O) groups excluding carboxylic acids is 2. The fraction of sp³-hybridized carbons (Fsp3) is 0.125. The van der Waals surface area contributed by atoms with E-state index in [4.69, 9.17) is 4.74 Å². The first kappa shape index (κ1) is 17.9. The molecule has 2 aromatic rings. The molecule has 1 unspecified atom stereocenters. The van der Waals surface area contributed by atoms with Gasteiger partial charge in [-0.2, -0.15) is 0 Å². The Bertz CT molecular complexity index is 737. The summed E-state index contributed by atoms with van der Waals surface area (Å²) in [6.07, 6.45) is 0. The molecule has 7 heteroatoms. The van der Waals surface area contributed by atoms with Crippen molar-refractivity contribution in [2.45, 2.75) is 6.04 Å². The predicted molar refractivity (Wildman–Crippen MR) is 95.5 cm³/mol. The van der Waals surface area contributed by atoms with Gasteiger partial charge in [0.15, 0.2) is 6.04 Å². The molecule has 2 aromatic carbocycles. The van der Waals surface area contributed by atoms with Gasteiger partial charge in [0.05, 0.1) is 7.11 Å². The highest BCUT2D eigenvalue weighted by Gasteiger charge is 2.24. The Balaban J connectivity index is 2.26. The van der Waals surface area contributed by atoms with Gasteiger partial charge in [-0.1, -0.05) is 28.1 Å². The van der Waals surface area contributed by atoms with Gasteiger partial charge < -0.3 is 10.1 Å². The molecule has 4 nitrogen and oxygen atoms in total. The van der Waals surface area contributed by atoms with E-state index >= 15 is 0 Å². The second-order valence-electron chi connectivity index (χ2n) is 4.61. The topological polar surface area (TPSA) is 55.4 Å². The van der Waals surface area contributed by atoms with Gasteiger partial charge in [-0.05, 0) is 58.5 Å². The summed E-state index contributed by atoms with van der Waals surface area (Å²) in [5, 5.41) is 2.57. The molecule has 0 aliphatic heterocycles. The summed E-state index contributed by atoms with van der Waals surface area (Å²) in [4.78, 5) is 24.2. The van der Waals surface area contributed by atoms with Crippen LogP contribution in [-0.2, 0) is 9.53 Å². The molecule has 1 atom stereocenters. The molecule has 1 N–H and O–H groups in total. The molecule has 0 saturated heterocycles. The maximum absolute atomic E-state index is 13.6. The average Bonchev–Trinajstić information content (AvgIpc) is 2.55. The lowest BCUT2D eigenvalue weighted by Crippen LogP contribution is -2.34. The molecule has 0 bridgehead atoms. The van der Waals surface area contributed by atoms with E-state index < -0.39 is 23.7 Å². The van der Waals surface area contributed by atoms with Crippen molar-refractivity contribution < 1.29 is 18.7 Å². The number of methoxy groups -OCH3 is 1. The summed E-state index contributed by atoms with van der Waals surface area (Å²) in [6, 6.07) is 10.0. The zero-order chi connectivity index (χ0) is 17.0. The number of amides is 1. The number of hydrogen-bond donors (Lipinski definition) is 1. The number of nitrogens with one attached hydrogen (secondary N) is 1. The first-order valence-corrected chi connectivity index (χ1v) is 8.38. The van der Waals surface area contributed by atoms with Gasteiger partial charge in [-0.25, -0.2) is 9.18 Å². The molecule has 1 amide bonds. The van der Waals surface area contributed by atoms with Crippen LogP contribution in [0.4, 0.5) is 4.39 Å². The average molecular weight is 492 g/mol. The van der Waals surface area contributed by atoms with Crippen LogP contribution < -0.4 is 5.32 Å². The minimum absolute atomic E-state index is 0.133. The van der Waals surface area contributed by atoms with Crippen LogP contribution in [0.3, 0.4) is 0 Å². The van der Waals surface area contributed by atoms with E-state index in [1.54, 1.807) is 24.3 Å². The van der Waals surface area contributed by atoms with E-state index in [0.717, 1.165) is 10.5 Å². The number of carbonyl (C=O) groups is 2. The molecule has 0 fully saturated rings. The Labute approximate surface area is 154 Å². The van der Waals surface area contributed by atoms with Crippen LogP contribution in [0, 0.1) is 9.39 Å². The lowest BCUT2D eigenvalue weighted by molar-refractivity contribution is -0.143. The SMILES string of the molecule is COC(=O)C(NC(=O)c1ccc(I)c(F)c1)c1ccc(Br)cc1. The zero-order valence-corrected chi connectivity index (χ0v) is 15.7. The molecule has 0 aliphatic rings. The summed E-state index contributed by atoms with van der Waals surface area (Å²) >= 11 is 5.14. The molecular weight excluding hydrogens is 480 g/mol. The third-order valence-electron chi connectivity index (χ3n) is 3.10. The quantitative estimate of drug-likeness (QED) is 0.522. The first-order chi connectivity index (χ1) is 10.9. The van der Waals surface area contributed by atoms with Gasteiger partial charge in [0.2, 0.25) is 0 Å². The molecule has 23 heavy (non-hydrogen) atoms. The highest BCUT2D eigenvalue weighted by atomic mass is 127. The van der Waals surface area contributed by atoms with Crippen LogP contribution >= 0.6 is 38.5 Å². The lowest BCUT2D eigenvalue weighted by Gasteiger charge is -2.17. The Morgan fingerprint density at radius 3 is 2.43 bits per heavy atom. The van der Waals surface area contributed by atoms with Gasteiger partial charge in [-0.15, -0.1) is 0 Å². The van der Waals surface area contributed by atoms with Crippen molar-refractivity contribution >= 4 is 50.4 Å². The molecule has 0 aromatic heterocycles. The minimum atomic E-state index is -0.970. The molecule has 120 valence electrons. The fourth-order valence-corrected chi connectivity index (χ4v) is 2.50. The maximum Gasteiger partial charge on any atom is 0.333 e. The van der Waals surface area contributed by atoms with Crippen molar-refractivity contribution in [2.75, 3.05) is 7.11 Å². The van der Waals surface area contributed by atoms with Gasteiger partial charge in [-0.3, -0.25) is 4.79 Å². The van der Waals surface area contributed by atoms with Crippen LogP contribution in [0.2, 0.25) is 0 Å². The monoisotopic (exact) mass is 491 g/mol. The zero-order valence-electron chi connectivity index (χ0n) is 12.0. The van der Waals surface area contributed by atoms with Crippen molar-refractivity contribution in [1.82, 2.24) is 5.32 Å². The Morgan fingerprint density at radius 2 is 1.87 bits per heavy atom. The van der Waals surface area contributed by atoms with E-state index in [2.05, 4.69) is 21.2 Å². The third kappa shape index (κ3) is 4.51. The van der Waals surface area contributed by atoms with Crippen molar-refractivity contribution in [1.29, 1.82) is 0 Å². The van der Waals surface area contributed by atoms with E-state index in [1.807, 2.05) is 22.6 Å². The summed E-state index contributed by atoms with van der Waals surface area (Å²) in [5.74, 6) is -1.65. The van der Waals surface area contributed by atoms with Crippen LogP contribution in [0.1, 0.15) is 22.0 Å². The van der Waals surface area contributed by atoms with Gasteiger partial charge in [0, 0.05) is 13.6 Å². The summed E-state index contributed by atoms with van der Waals surface area (Å²) in [6.45, 7) is 0. The Morgan fingerprint density at radius 1 is 1.22 bits per heavy atom. The van der Waals surface area contributed by atoms with Gasteiger partial charge >= 0.3 is 5.97 Å². The number of ether oxygens (including phenoxy) is 1. The molecule has 0 heterocycles. The largest absolute Gasteiger partial charge is 0.467 e. The smallest absolute Gasteiger partial charge is 0.333 e. The Kier molecular flexibility index (Phi) is 6.11. The van der Waals surface area contributed by atoms with Crippen molar-refractivity contribution in [3.63, 3.8) is 0 Å². The minimum Gasteiger partial charge on any atom is -0.467 e. The van der Waals surface area contributed by atoms with Crippen molar-refractivity contribution in [3.05, 3.63) is 67.5 Å². The van der Waals surface area contributed by atoms with E-state index in [9.17, 15) is 14.0 Å². The van der Waals surface area contributed by atoms with Crippen molar-refractivity contribution in [2.24, 2.45) is 0 Å². The predicted octanol–water partition coefficient (Wildman–Crippen LogP) is 3.84. The maximum atomic E-state index is 13.6. The highest BCUT2D eigenvalue weighted by Crippen LogP contribution is 2.19. The number of esters is 1. The molecular formula is C16H12BrFINO3. The second-order valence-corrected chi connectivity index (χ2v) is 6.69. The molecule has 0 aliphatic carbocycles. The number of hydrogen-bond acceptors (Lipinski definition) is 3. The fourth-order valence-electron chi connectivity index (χ4n) is 1.90. The van der Waals surface area contributed by atoms with Crippen molar-refractivity contribution in [3.8, 4) is 0 Å². The molecule has 0 spiro atoms. The third-order valence-corrected chi connectivity index (χ3v) is 4.50. The molecule has 0 saturated carbocycles. The highest BCUT2D eigenvalue weighted by molar-refractivity contribution is 14.1. The van der Waals surface area contributed by atoms with Gasteiger partial charge in [0.1, 0.15) is 5.82 Å². The van der Waals surface area contributed by atoms with Crippen LogP contribution in [-0.4, -0.2) is 19.0 Å². The lowest BCUT2D eigenvalue weighted by atomic mass is 10.1. The van der Waals surface area contributed by atoms with Crippen LogP contribution in [0.5, 0.6) is 0 Å². The number of halogens is 3. The summed E-state index contributed by atoms with van der Waals surface area (Å²) < 4.78 is 19.6. The van der Waals surface area contributed by atoms with Crippen LogP contribution in [0.15, 0.2) is 46.9 Å². The van der Waals surface area contributed by atoms with E-state index in [0.29, 0.717) is 9.13 Å². The van der Waals surface area contributed by atoms with Gasteiger partial charge in [0.25, 0.3) is 5.91 Å². The number of rotatable bonds is 4. The number of benzene rings is 2. The molecule has 0 radical (unpaired) electrons. The second kappa shape index (κ2) is 7.87. The Hall–Kier alpha value is -1.48. The summed E-state index contributed by atoms with van der Waals surface area (Å²) in [5.41, 5.74) is 0.702. The normalized spacial score (nSPS) is 11.7. The molecule has 2 rings (SSSR count). The van der Waals surface area contributed by atoms with E-state index in [1.165, 1.54) is 19.2 Å². The first-order valence-electron chi connectivity index (χ1n) is 6.51. The van der Waals surface area contributed by atoms with Crippen LogP contribution in [0.25, 0.3) is 0 Å². The van der Waals surface area contributed by atoms with E-state index in [-0.39, 0.29) is 5.56 Å². The standard InChI is InChI=1S/C16H12BrFINO3/c1-23-16(22)14(9-2-5-11(17)6-3-9)20-15(21)10-4-7-13(19)12(18)8-10/h2-8,14H,1H3,(H,20,21).